The number of benzene rings is 2. The van der Waals surface area contributed by atoms with E-state index in [1.54, 1.807) is 39.0 Å². The van der Waals surface area contributed by atoms with Crippen molar-refractivity contribution in [1.82, 2.24) is 9.84 Å². The van der Waals surface area contributed by atoms with E-state index in [4.69, 9.17) is 9.84 Å². The van der Waals surface area contributed by atoms with Gasteiger partial charge in [-0.25, -0.2) is 13.4 Å². The van der Waals surface area contributed by atoms with Crippen LogP contribution in [0.4, 0.5) is 0 Å². The molecule has 0 heterocycles. The molecule has 0 fully saturated rings. The number of esters is 1. The largest absolute Gasteiger partial charge is 0.480 e. The maximum atomic E-state index is 12.6. The number of aliphatic carboxylic acids is 1. The molecule has 30 heavy (non-hydrogen) atoms. The minimum Gasteiger partial charge on any atom is -0.480 e. The van der Waals surface area contributed by atoms with Crippen molar-refractivity contribution in [2.75, 3.05) is 6.54 Å². The molecule has 0 saturated heterocycles. The fraction of sp³-hybridized carbons (Fsp3) is 0.250. The van der Waals surface area contributed by atoms with Crippen molar-refractivity contribution >= 4 is 27.9 Å². The van der Waals surface area contributed by atoms with Gasteiger partial charge in [-0.1, -0.05) is 18.2 Å². The van der Waals surface area contributed by atoms with E-state index in [9.17, 15) is 22.8 Å². The van der Waals surface area contributed by atoms with Crippen LogP contribution in [0.2, 0.25) is 0 Å². The first-order valence-corrected chi connectivity index (χ1v) is 10.3. The van der Waals surface area contributed by atoms with E-state index < -0.39 is 39.8 Å². The van der Waals surface area contributed by atoms with Crippen LogP contribution in [-0.4, -0.2) is 42.9 Å². The van der Waals surface area contributed by atoms with Crippen molar-refractivity contribution in [1.29, 1.82) is 0 Å². The number of carbonyl (C=O) groups excluding carboxylic acids is 2. The standard InChI is InChI=1S/C20H22N2O7S/c1-20(2,3)19(26)29-15-9-11-16(12-10-15)30(27,28)21-22(13-17(23)24)18(25)14-7-5-4-6-8-14/h4-12,21H,13H2,1-3H3,(H,23,24). The van der Waals surface area contributed by atoms with Crippen LogP contribution in [0.3, 0.4) is 0 Å². The second-order valence-electron chi connectivity index (χ2n) is 7.36. The lowest BCUT2D eigenvalue weighted by atomic mass is 9.97. The summed E-state index contributed by atoms with van der Waals surface area (Å²) in [5.74, 6) is -2.56. The third kappa shape index (κ3) is 6.13. The maximum absolute atomic E-state index is 12.6. The number of nitrogens with one attached hydrogen (secondary N) is 1. The molecule has 0 radical (unpaired) electrons. The van der Waals surface area contributed by atoms with Gasteiger partial charge in [0.15, 0.2) is 0 Å². The number of rotatable bonds is 7. The second-order valence-corrected chi connectivity index (χ2v) is 9.02. The van der Waals surface area contributed by atoms with Crippen molar-refractivity contribution in [3.05, 3.63) is 60.2 Å². The first-order chi connectivity index (χ1) is 13.9. The highest BCUT2D eigenvalue weighted by Crippen LogP contribution is 2.21. The summed E-state index contributed by atoms with van der Waals surface area (Å²) in [7, 11) is -4.28. The van der Waals surface area contributed by atoms with Crippen molar-refractivity contribution in [2.24, 2.45) is 5.41 Å². The zero-order chi connectivity index (χ0) is 22.5. The Balaban J connectivity index is 2.22. The SMILES string of the molecule is CC(C)(C)C(=O)Oc1ccc(S(=O)(=O)NN(CC(=O)O)C(=O)c2ccccc2)cc1. The molecule has 0 unspecified atom stereocenters. The molecular formula is C20H22N2O7S. The molecule has 0 aliphatic heterocycles. The van der Waals surface area contributed by atoms with Gasteiger partial charge in [0.2, 0.25) is 0 Å². The summed E-state index contributed by atoms with van der Waals surface area (Å²) in [5.41, 5.74) is -0.618. The molecule has 2 aromatic rings. The molecule has 9 nitrogen and oxygen atoms in total. The highest BCUT2D eigenvalue weighted by molar-refractivity contribution is 7.89. The van der Waals surface area contributed by atoms with Gasteiger partial charge in [-0.15, -0.1) is 4.83 Å². The molecule has 0 aliphatic rings. The second kappa shape index (κ2) is 9.06. The van der Waals surface area contributed by atoms with Crippen LogP contribution < -0.4 is 9.57 Å². The van der Waals surface area contributed by atoms with E-state index in [-0.39, 0.29) is 16.2 Å². The number of amides is 1. The molecular weight excluding hydrogens is 412 g/mol. The number of hydrazine groups is 1. The van der Waals surface area contributed by atoms with Crippen LogP contribution in [0.5, 0.6) is 5.75 Å². The third-order valence-electron chi connectivity index (χ3n) is 3.75. The zero-order valence-corrected chi connectivity index (χ0v) is 17.5. The van der Waals surface area contributed by atoms with Gasteiger partial charge in [0.25, 0.3) is 15.9 Å². The summed E-state index contributed by atoms with van der Waals surface area (Å²) in [6, 6.07) is 12.6. The van der Waals surface area contributed by atoms with Gasteiger partial charge in [-0.3, -0.25) is 14.4 Å². The number of carboxylic acids is 1. The monoisotopic (exact) mass is 434 g/mol. The van der Waals surface area contributed by atoms with Crippen LogP contribution in [0.15, 0.2) is 59.5 Å². The van der Waals surface area contributed by atoms with Crippen LogP contribution in [-0.2, 0) is 19.6 Å². The molecule has 0 spiro atoms. The quantitative estimate of drug-likeness (QED) is 0.387. The van der Waals surface area contributed by atoms with Gasteiger partial charge in [0.05, 0.1) is 10.3 Å². The molecule has 1 amide bonds. The van der Waals surface area contributed by atoms with Gasteiger partial charge >= 0.3 is 11.9 Å². The summed E-state index contributed by atoms with van der Waals surface area (Å²) in [5, 5.41) is 9.56. The Morgan fingerprint density at radius 1 is 1.00 bits per heavy atom. The number of carboxylic acid groups (broad SMARTS) is 1. The summed E-state index contributed by atoms with van der Waals surface area (Å²) in [6.07, 6.45) is 0. The Hall–Kier alpha value is -3.24. The Morgan fingerprint density at radius 3 is 2.07 bits per heavy atom. The molecule has 0 atom stereocenters. The molecule has 160 valence electrons. The van der Waals surface area contributed by atoms with Crippen LogP contribution >= 0.6 is 0 Å². The normalized spacial score (nSPS) is 11.6. The zero-order valence-electron chi connectivity index (χ0n) is 16.7. The van der Waals surface area contributed by atoms with Gasteiger partial charge in [0, 0.05) is 5.56 Å². The Bertz CT molecular complexity index is 1030. The van der Waals surface area contributed by atoms with Gasteiger partial charge in [-0.05, 0) is 57.2 Å². The van der Waals surface area contributed by atoms with Crippen LogP contribution in [0, 0.1) is 5.41 Å². The lowest BCUT2D eigenvalue weighted by Crippen LogP contribution is -2.48. The predicted octanol–water partition coefficient (Wildman–Crippen LogP) is 2.06. The van der Waals surface area contributed by atoms with Crippen molar-refractivity contribution in [3.63, 3.8) is 0 Å². The fourth-order valence-corrected chi connectivity index (χ4v) is 3.20. The minimum absolute atomic E-state index is 0.117. The maximum Gasteiger partial charge on any atom is 0.324 e. The molecule has 0 aromatic heterocycles. The van der Waals surface area contributed by atoms with Crippen molar-refractivity contribution in [2.45, 2.75) is 25.7 Å². The third-order valence-corrected chi connectivity index (χ3v) is 5.10. The fourth-order valence-electron chi connectivity index (χ4n) is 2.16. The van der Waals surface area contributed by atoms with Crippen LogP contribution in [0.1, 0.15) is 31.1 Å². The molecule has 2 N–H and O–H groups in total. The molecule has 0 aliphatic carbocycles. The summed E-state index contributed by atoms with van der Waals surface area (Å²) in [4.78, 5) is 37.3. The van der Waals surface area contributed by atoms with Gasteiger partial charge in [-0.2, -0.15) is 0 Å². The number of sulfonamides is 1. The number of nitrogens with zero attached hydrogens (tertiary/aromatic N) is 1. The van der Waals surface area contributed by atoms with E-state index in [2.05, 4.69) is 0 Å². The molecule has 0 bridgehead atoms. The summed E-state index contributed by atoms with van der Waals surface area (Å²) in [6.45, 7) is 4.16. The lowest BCUT2D eigenvalue weighted by Gasteiger charge is -2.21. The van der Waals surface area contributed by atoms with Crippen molar-refractivity contribution in [3.8, 4) is 5.75 Å². The highest BCUT2D eigenvalue weighted by atomic mass is 32.2. The lowest BCUT2D eigenvalue weighted by molar-refractivity contribution is -0.143. The van der Waals surface area contributed by atoms with E-state index >= 15 is 0 Å². The highest BCUT2D eigenvalue weighted by Gasteiger charge is 2.26. The van der Waals surface area contributed by atoms with Gasteiger partial charge < -0.3 is 9.84 Å². The summed E-state index contributed by atoms with van der Waals surface area (Å²) >= 11 is 0. The first-order valence-electron chi connectivity index (χ1n) is 8.83. The Kier molecular flexibility index (Phi) is 6.96. The molecule has 0 saturated carbocycles. The summed E-state index contributed by atoms with van der Waals surface area (Å²) < 4.78 is 30.5. The number of hydrogen-bond acceptors (Lipinski definition) is 6. The van der Waals surface area contributed by atoms with E-state index in [0.29, 0.717) is 5.01 Å². The van der Waals surface area contributed by atoms with Crippen molar-refractivity contribution < 1.29 is 32.6 Å². The Labute approximate surface area is 174 Å². The smallest absolute Gasteiger partial charge is 0.324 e. The topological polar surface area (TPSA) is 130 Å². The minimum atomic E-state index is -4.28. The predicted molar refractivity (Wildman–Crippen MR) is 107 cm³/mol. The molecule has 2 rings (SSSR count). The first kappa shape index (κ1) is 23.0. The molecule has 2 aromatic carbocycles. The molecule has 10 heteroatoms. The number of carbonyl (C=O) groups is 3. The van der Waals surface area contributed by atoms with E-state index in [0.717, 1.165) is 0 Å². The van der Waals surface area contributed by atoms with E-state index in [1.807, 2.05) is 4.83 Å². The Morgan fingerprint density at radius 2 is 1.57 bits per heavy atom. The van der Waals surface area contributed by atoms with Crippen LogP contribution in [0.25, 0.3) is 0 Å². The average molecular weight is 434 g/mol. The number of hydrogen-bond donors (Lipinski definition) is 2. The number of ether oxygens (including phenoxy) is 1. The average Bonchev–Trinajstić information content (AvgIpc) is 2.66. The van der Waals surface area contributed by atoms with E-state index in [1.165, 1.54) is 36.4 Å². The van der Waals surface area contributed by atoms with Gasteiger partial charge in [0.1, 0.15) is 12.3 Å².